The van der Waals surface area contributed by atoms with Gasteiger partial charge < -0.3 is 10.2 Å². The third-order valence-corrected chi connectivity index (χ3v) is 2.21. The molecule has 1 aromatic carbocycles. The molecule has 2 aromatic rings. The number of hydrogen-bond donors (Lipinski definition) is 2. The number of nitro groups is 1. The predicted octanol–water partition coefficient (Wildman–Crippen LogP) is 1.74. The van der Waals surface area contributed by atoms with Crippen LogP contribution in [0.1, 0.15) is 0 Å². The molecular weight excluding hydrogens is 276 g/mol. The summed E-state index contributed by atoms with van der Waals surface area (Å²) in [4.78, 5) is 17.2. The number of rotatable bonds is 4. The first-order valence-corrected chi connectivity index (χ1v) is 5.12. The molecule has 0 spiro atoms. The Morgan fingerprint density at radius 2 is 2.10 bits per heavy atom. The van der Waals surface area contributed by atoms with Crippen molar-refractivity contribution in [3.8, 4) is 11.6 Å². The van der Waals surface area contributed by atoms with Crippen molar-refractivity contribution in [3.63, 3.8) is 0 Å². The highest BCUT2D eigenvalue weighted by atomic mass is 19.1. The molecule has 0 amide bonds. The van der Waals surface area contributed by atoms with E-state index >= 15 is 0 Å². The summed E-state index contributed by atoms with van der Waals surface area (Å²) >= 11 is 0. The standard InChI is InChI=1S/C10H7F2N5O3/c11-5-1-2-7(6(12)3-5)20-10-8(17(18)19)9(16-13)14-4-15-10/h1-4H,13H2,(H,14,15,16). The van der Waals surface area contributed by atoms with E-state index in [2.05, 4.69) is 9.97 Å². The van der Waals surface area contributed by atoms with Crippen LogP contribution in [0.25, 0.3) is 0 Å². The summed E-state index contributed by atoms with van der Waals surface area (Å²) in [5.74, 6) is 1.99. The van der Waals surface area contributed by atoms with Gasteiger partial charge in [0.1, 0.15) is 12.1 Å². The summed E-state index contributed by atoms with van der Waals surface area (Å²) in [6.07, 6.45) is 0.943. The first-order chi connectivity index (χ1) is 9.52. The van der Waals surface area contributed by atoms with Crippen molar-refractivity contribution in [1.82, 2.24) is 9.97 Å². The lowest BCUT2D eigenvalue weighted by atomic mass is 10.3. The first kappa shape index (κ1) is 13.5. The molecule has 0 bridgehead atoms. The number of halogens is 2. The second-order valence-electron chi connectivity index (χ2n) is 3.45. The normalized spacial score (nSPS) is 10.2. The van der Waals surface area contributed by atoms with E-state index in [1.165, 1.54) is 0 Å². The molecule has 3 N–H and O–H groups in total. The Labute approximate surface area is 110 Å². The molecule has 10 heteroatoms. The van der Waals surface area contributed by atoms with Crippen LogP contribution in [0.2, 0.25) is 0 Å². The number of hydrazine groups is 1. The van der Waals surface area contributed by atoms with Crippen LogP contribution in [0.3, 0.4) is 0 Å². The van der Waals surface area contributed by atoms with Crippen LogP contribution < -0.4 is 16.0 Å². The van der Waals surface area contributed by atoms with E-state index in [4.69, 9.17) is 10.6 Å². The van der Waals surface area contributed by atoms with Crippen LogP contribution in [-0.4, -0.2) is 14.9 Å². The molecule has 0 radical (unpaired) electrons. The van der Waals surface area contributed by atoms with E-state index in [-0.39, 0.29) is 5.82 Å². The molecule has 0 saturated heterocycles. The maximum absolute atomic E-state index is 13.4. The number of nitrogens with zero attached hydrogens (tertiary/aromatic N) is 3. The summed E-state index contributed by atoms with van der Waals surface area (Å²) in [7, 11) is 0. The predicted molar refractivity (Wildman–Crippen MR) is 62.9 cm³/mol. The fourth-order valence-corrected chi connectivity index (χ4v) is 1.37. The Hall–Kier alpha value is -2.88. The lowest BCUT2D eigenvalue weighted by molar-refractivity contribution is -0.385. The number of hydrogen-bond acceptors (Lipinski definition) is 7. The maximum atomic E-state index is 13.4. The first-order valence-electron chi connectivity index (χ1n) is 5.12. The Morgan fingerprint density at radius 3 is 2.70 bits per heavy atom. The average Bonchev–Trinajstić information content (AvgIpc) is 2.41. The number of benzene rings is 1. The largest absolute Gasteiger partial charge is 0.430 e. The fraction of sp³-hybridized carbons (Fsp3) is 0. The highest BCUT2D eigenvalue weighted by Crippen LogP contribution is 2.34. The molecule has 1 aromatic heterocycles. The van der Waals surface area contributed by atoms with Crippen molar-refractivity contribution in [3.05, 3.63) is 46.3 Å². The molecule has 0 atom stereocenters. The summed E-state index contributed by atoms with van der Waals surface area (Å²) < 4.78 is 31.2. The summed E-state index contributed by atoms with van der Waals surface area (Å²) in [6, 6.07) is 2.49. The van der Waals surface area contributed by atoms with Gasteiger partial charge >= 0.3 is 11.6 Å². The third-order valence-electron chi connectivity index (χ3n) is 2.21. The van der Waals surface area contributed by atoms with Gasteiger partial charge in [0.15, 0.2) is 11.6 Å². The van der Waals surface area contributed by atoms with Gasteiger partial charge in [0.05, 0.1) is 4.92 Å². The quantitative estimate of drug-likeness (QED) is 0.498. The SMILES string of the molecule is NNc1ncnc(Oc2ccc(F)cc2F)c1[N+](=O)[O-]. The molecule has 0 aliphatic heterocycles. The minimum atomic E-state index is -1.03. The number of nitrogens with one attached hydrogen (secondary N) is 1. The minimum absolute atomic E-state index is 0.303. The lowest BCUT2D eigenvalue weighted by Crippen LogP contribution is -2.12. The van der Waals surface area contributed by atoms with Crippen molar-refractivity contribution in [2.24, 2.45) is 5.84 Å². The molecule has 2 rings (SSSR count). The molecule has 1 heterocycles. The number of ether oxygens (including phenoxy) is 1. The van der Waals surface area contributed by atoms with E-state index in [0.717, 1.165) is 18.5 Å². The Kier molecular flexibility index (Phi) is 3.66. The topological polar surface area (TPSA) is 116 Å². The van der Waals surface area contributed by atoms with Gasteiger partial charge in [-0.3, -0.25) is 10.1 Å². The lowest BCUT2D eigenvalue weighted by Gasteiger charge is -2.07. The van der Waals surface area contributed by atoms with Crippen molar-refractivity contribution in [2.75, 3.05) is 5.43 Å². The minimum Gasteiger partial charge on any atom is -0.430 e. The number of nitrogen functional groups attached to an aromatic ring is 1. The smallest absolute Gasteiger partial charge is 0.374 e. The van der Waals surface area contributed by atoms with E-state index < -0.39 is 33.9 Å². The molecule has 0 aliphatic rings. The van der Waals surface area contributed by atoms with Gasteiger partial charge in [-0.05, 0) is 12.1 Å². The van der Waals surface area contributed by atoms with Gasteiger partial charge in [0, 0.05) is 6.07 Å². The number of anilines is 1. The fourth-order valence-electron chi connectivity index (χ4n) is 1.37. The summed E-state index contributed by atoms with van der Waals surface area (Å²) in [5.41, 5.74) is 1.33. The van der Waals surface area contributed by atoms with Gasteiger partial charge in [0.25, 0.3) is 0 Å². The molecule has 20 heavy (non-hydrogen) atoms. The Balaban J connectivity index is 2.45. The zero-order valence-electron chi connectivity index (χ0n) is 9.71. The molecular formula is C10H7F2N5O3. The van der Waals surface area contributed by atoms with E-state index in [1.807, 2.05) is 5.43 Å². The Bertz CT molecular complexity index is 667. The monoisotopic (exact) mass is 283 g/mol. The van der Waals surface area contributed by atoms with Crippen LogP contribution in [-0.2, 0) is 0 Å². The highest BCUT2D eigenvalue weighted by Gasteiger charge is 2.25. The second kappa shape index (κ2) is 5.40. The zero-order valence-corrected chi connectivity index (χ0v) is 9.71. The van der Waals surface area contributed by atoms with Crippen LogP contribution in [0, 0.1) is 21.7 Å². The summed E-state index contributed by atoms with van der Waals surface area (Å²) in [6.45, 7) is 0. The molecule has 0 fully saturated rings. The Morgan fingerprint density at radius 1 is 1.35 bits per heavy atom. The van der Waals surface area contributed by atoms with Crippen molar-refractivity contribution < 1.29 is 18.4 Å². The number of aromatic nitrogens is 2. The van der Waals surface area contributed by atoms with Crippen LogP contribution in [0.4, 0.5) is 20.3 Å². The molecule has 0 unspecified atom stereocenters. The van der Waals surface area contributed by atoms with Gasteiger partial charge in [-0.15, -0.1) is 0 Å². The van der Waals surface area contributed by atoms with Gasteiger partial charge in [-0.1, -0.05) is 0 Å². The van der Waals surface area contributed by atoms with Crippen LogP contribution in [0.5, 0.6) is 11.6 Å². The van der Waals surface area contributed by atoms with Crippen LogP contribution in [0.15, 0.2) is 24.5 Å². The van der Waals surface area contributed by atoms with Crippen LogP contribution >= 0.6 is 0 Å². The zero-order chi connectivity index (χ0) is 14.7. The second-order valence-corrected chi connectivity index (χ2v) is 3.45. The van der Waals surface area contributed by atoms with Gasteiger partial charge in [-0.2, -0.15) is 4.98 Å². The highest BCUT2D eigenvalue weighted by molar-refractivity contribution is 5.61. The molecule has 8 nitrogen and oxygen atoms in total. The van der Waals surface area contributed by atoms with Gasteiger partial charge in [-0.25, -0.2) is 19.6 Å². The van der Waals surface area contributed by atoms with Crippen molar-refractivity contribution in [1.29, 1.82) is 0 Å². The van der Waals surface area contributed by atoms with E-state index in [9.17, 15) is 18.9 Å². The molecule has 0 aliphatic carbocycles. The van der Waals surface area contributed by atoms with Crippen molar-refractivity contribution in [2.45, 2.75) is 0 Å². The van der Waals surface area contributed by atoms with E-state index in [1.54, 1.807) is 0 Å². The van der Waals surface area contributed by atoms with Gasteiger partial charge in [0.2, 0.25) is 5.82 Å². The van der Waals surface area contributed by atoms with E-state index in [0.29, 0.717) is 6.07 Å². The maximum Gasteiger partial charge on any atom is 0.374 e. The molecule has 104 valence electrons. The summed E-state index contributed by atoms with van der Waals surface area (Å²) in [5, 5.41) is 10.9. The third kappa shape index (κ3) is 2.59. The average molecular weight is 283 g/mol. The molecule has 0 saturated carbocycles. The van der Waals surface area contributed by atoms with Crippen molar-refractivity contribution >= 4 is 11.5 Å². The number of nitrogens with two attached hydrogens (primary N) is 1.